The molecule has 0 bridgehead atoms. The van der Waals surface area contributed by atoms with Crippen LogP contribution in [0.25, 0.3) is 0 Å². The molecule has 21 heavy (non-hydrogen) atoms. The molecule has 0 saturated heterocycles. The Kier molecular flexibility index (Phi) is 4.77. The van der Waals surface area contributed by atoms with Gasteiger partial charge in [0.1, 0.15) is 4.90 Å². The fourth-order valence-corrected chi connectivity index (χ4v) is 4.52. The minimum Gasteiger partial charge on any atom is -0.396 e. The Hall–Kier alpha value is -0.890. The van der Waals surface area contributed by atoms with Crippen molar-refractivity contribution in [3.05, 3.63) is 23.0 Å². The highest BCUT2D eigenvalue weighted by molar-refractivity contribution is 7.89. The minimum absolute atomic E-state index is 0.0379. The van der Waals surface area contributed by atoms with E-state index in [1.807, 2.05) is 0 Å². The number of hydrogen-bond donors (Lipinski definition) is 3. The van der Waals surface area contributed by atoms with Crippen molar-refractivity contribution < 1.29 is 17.9 Å². The van der Waals surface area contributed by atoms with Crippen LogP contribution >= 0.6 is 11.6 Å². The van der Waals surface area contributed by atoms with Crippen LogP contribution in [0, 0.1) is 5.82 Å². The van der Waals surface area contributed by atoms with Crippen molar-refractivity contribution in [3.8, 4) is 0 Å². The predicted octanol–water partition coefficient (Wildman–Crippen LogP) is 2.03. The molecule has 5 nitrogen and oxygen atoms in total. The number of hydrogen-bond acceptors (Lipinski definition) is 4. The van der Waals surface area contributed by atoms with Gasteiger partial charge in [-0.2, -0.15) is 0 Å². The van der Waals surface area contributed by atoms with E-state index in [1.165, 1.54) is 0 Å². The highest BCUT2D eigenvalue weighted by Crippen LogP contribution is 2.31. The second kappa shape index (κ2) is 6.08. The second-order valence-electron chi connectivity index (χ2n) is 5.41. The van der Waals surface area contributed by atoms with E-state index >= 15 is 0 Å². The first kappa shape index (κ1) is 16.5. The molecule has 4 N–H and O–H groups in total. The van der Waals surface area contributed by atoms with Crippen molar-refractivity contribution >= 4 is 27.3 Å². The SMILES string of the molecule is Nc1cc(Cl)cc(S(=O)(=O)NC2(CO)CCCCC2)c1F. The Bertz CT molecular complexity index is 631. The summed E-state index contributed by atoms with van der Waals surface area (Å²) in [6, 6.07) is 2.17. The van der Waals surface area contributed by atoms with Crippen molar-refractivity contribution in [1.29, 1.82) is 0 Å². The number of nitrogens with two attached hydrogens (primary N) is 1. The molecule has 1 aliphatic rings. The molecule has 0 aliphatic heterocycles. The van der Waals surface area contributed by atoms with Crippen LogP contribution in [0.5, 0.6) is 0 Å². The average Bonchev–Trinajstić information content (AvgIpc) is 2.43. The Morgan fingerprint density at radius 2 is 1.95 bits per heavy atom. The Labute approximate surface area is 128 Å². The number of aliphatic hydroxyl groups is 1. The lowest BCUT2D eigenvalue weighted by Crippen LogP contribution is -2.52. The molecule has 0 aromatic heterocycles. The maximum absolute atomic E-state index is 14.0. The number of nitrogens with one attached hydrogen (secondary N) is 1. The molecule has 2 rings (SSSR count). The van der Waals surface area contributed by atoms with Crippen LogP contribution in [-0.2, 0) is 10.0 Å². The summed E-state index contributed by atoms with van der Waals surface area (Å²) >= 11 is 5.75. The number of aliphatic hydroxyl groups excluding tert-OH is 1. The lowest BCUT2D eigenvalue weighted by Gasteiger charge is -2.36. The highest BCUT2D eigenvalue weighted by Gasteiger charge is 2.37. The van der Waals surface area contributed by atoms with Gasteiger partial charge in [-0.3, -0.25) is 0 Å². The zero-order chi connectivity index (χ0) is 15.7. The van der Waals surface area contributed by atoms with Crippen LogP contribution in [0.1, 0.15) is 32.1 Å². The van der Waals surface area contributed by atoms with E-state index in [-0.39, 0.29) is 17.3 Å². The zero-order valence-corrected chi connectivity index (χ0v) is 13.0. The molecule has 118 valence electrons. The van der Waals surface area contributed by atoms with Crippen LogP contribution in [-0.4, -0.2) is 25.7 Å². The Balaban J connectivity index is 2.38. The van der Waals surface area contributed by atoms with Gasteiger partial charge in [0.2, 0.25) is 10.0 Å². The van der Waals surface area contributed by atoms with E-state index in [0.29, 0.717) is 12.8 Å². The van der Waals surface area contributed by atoms with Crippen LogP contribution in [0.15, 0.2) is 17.0 Å². The third-order valence-corrected chi connectivity index (χ3v) is 5.58. The number of sulfonamides is 1. The summed E-state index contributed by atoms with van der Waals surface area (Å²) in [5, 5.41) is 9.60. The first-order valence-corrected chi connectivity index (χ1v) is 8.55. The van der Waals surface area contributed by atoms with Crippen molar-refractivity contribution in [3.63, 3.8) is 0 Å². The quantitative estimate of drug-likeness (QED) is 0.733. The molecule has 0 spiro atoms. The van der Waals surface area contributed by atoms with Crippen LogP contribution in [0.3, 0.4) is 0 Å². The maximum Gasteiger partial charge on any atom is 0.244 e. The lowest BCUT2D eigenvalue weighted by molar-refractivity contribution is 0.142. The summed E-state index contributed by atoms with van der Waals surface area (Å²) in [6.45, 7) is -0.329. The van der Waals surface area contributed by atoms with Gasteiger partial charge in [0.15, 0.2) is 5.82 Å². The van der Waals surface area contributed by atoms with Gasteiger partial charge in [0.05, 0.1) is 17.8 Å². The summed E-state index contributed by atoms with van der Waals surface area (Å²) in [4.78, 5) is -0.592. The van der Waals surface area contributed by atoms with Gasteiger partial charge < -0.3 is 10.8 Å². The van der Waals surface area contributed by atoms with Gasteiger partial charge in [-0.05, 0) is 25.0 Å². The summed E-state index contributed by atoms with van der Waals surface area (Å²) in [5.41, 5.74) is 4.14. The molecule has 1 aromatic rings. The molecule has 0 heterocycles. The zero-order valence-electron chi connectivity index (χ0n) is 11.4. The normalized spacial score (nSPS) is 18.6. The predicted molar refractivity (Wildman–Crippen MR) is 79.0 cm³/mol. The van der Waals surface area contributed by atoms with E-state index in [2.05, 4.69) is 4.72 Å². The van der Waals surface area contributed by atoms with Crippen molar-refractivity contribution in [2.75, 3.05) is 12.3 Å². The Morgan fingerprint density at radius 3 is 2.52 bits per heavy atom. The van der Waals surface area contributed by atoms with Crippen molar-refractivity contribution in [1.82, 2.24) is 4.72 Å². The van der Waals surface area contributed by atoms with Gasteiger partial charge >= 0.3 is 0 Å². The largest absolute Gasteiger partial charge is 0.396 e. The molecular formula is C13H18ClFN2O3S. The molecule has 1 saturated carbocycles. The number of rotatable bonds is 4. The van der Waals surface area contributed by atoms with Crippen LogP contribution in [0.4, 0.5) is 10.1 Å². The molecule has 0 unspecified atom stereocenters. The van der Waals surface area contributed by atoms with Gasteiger partial charge in [0, 0.05) is 5.02 Å². The number of anilines is 1. The van der Waals surface area contributed by atoms with Gasteiger partial charge in [-0.1, -0.05) is 30.9 Å². The van der Waals surface area contributed by atoms with Crippen molar-refractivity contribution in [2.24, 2.45) is 0 Å². The average molecular weight is 337 g/mol. The summed E-state index contributed by atoms with van der Waals surface area (Å²) in [5.74, 6) is -1.03. The molecular weight excluding hydrogens is 319 g/mol. The standard InChI is InChI=1S/C13H18ClFN2O3S/c14-9-6-10(16)12(15)11(7-9)21(19,20)17-13(8-18)4-2-1-3-5-13/h6-7,17-18H,1-5,8,16H2. The highest BCUT2D eigenvalue weighted by atomic mass is 35.5. The molecule has 1 aromatic carbocycles. The fraction of sp³-hybridized carbons (Fsp3) is 0.538. The van der Waals surface area contributed by atoms with E-state index in [9.17, 15) is 17.9 Å². The third kappa shape index (κ3) is 3.48. The smallest absolute Gasteiger partial charge is 0.244 e. The monoisotopic (exact) mass is 336 g/mol. The molecule has 0 radical (unpaired) electrons. The minimum atomic E-state index is -4.16. The first-order valence-electron chi connectivity index (χ1n) is 6.69. The summed E-state index contributed by atoms with van der Waals surface area (Å²) in [6.07, 6.45) is 3.63. The van der Waals surface area contributed by atoms with E-state index in [0.717, 1.165) is 31.4 Å². The van der Waals surface area contributed by atoms with Crippen LogP contribution in [0.2, 0.25) is 5.02 Å². The molecule has 1 aliphatic carbocycles. The van der Waals surface area contributed by atoms with E-state index in [4.69, 9.17) is 17.3 Å². The number of nitrogen functional groups attached to an aromatic ring is 1. The first-order chi connectivity index (χ1) is 9.80. The van der Waals surface area contributed by atoms with Gasteiger partial charge in [-0.15, -0.1) is 0 Å². The van der Waals surface area contributed by atoms with Crippen molar-refractivity contribution in [2.45, 2.75) is 42.5 Å². The lowest BCUT2D eigenvalue weighted by atomic mass is 9.83. The molecule has 0 atom stereocenters. The molecule has 8 heteroatoms. The molecule has 0 amide bonds. The molecule has 1 fully saturated rings. The second-order valence-corrected chi connectivity index (χ2v) is 7.50. The number of benzene rings is 1. The maximum atomic E-state index is 14.0. The number of halogens is 2. The Morgan fingerprint density at radius 1 is 1.33 bits per heavy atom. The fourth-order valence-electron chi connectivity index (χ4n) is 2.64. The van der Waals surface area contributed by atoms with E-state index < -0.39 is 26.3 Å². The summed E-state index contributed by atoms with van der Waals surface area (Å²) in [7, 11) is -4.16. The topological polar surface area (TPSA) is 92.4 Å². The summed E-state index contributed by atoms with van der Waals surface area (Å²) < 4.78 is 41.3. The van der Waals surface area contributed by atoms with Crippen LogP contribution < -0.4 is 10.5 Å². The van der Waals surface area contributed by atoms with E-state index in [1.54, 1.807) is 0 Å². The van der Waals surface area contributed by atoms with Gasteiger partial charge in [0.25, 0.3) is 0 Å². The van der Waals surface area contributed by atoms with Gasteiger partial charge in [-0.25, -0.2) is 17.5 Å². The third-order valence-electron chi connectivity index (χ3n) is 3.79.